The van der Waals surface area contributed by atoms with E-state index in [1.54, 1.807) is 6.07 Å². The van der Waals surface area contributed by atoms with Crippen LogP contribution in [0.4, 0.5) is 11.4 Å². The van der Waals surface area contributed by atoms with Gasteiger partial charge in [0.25, 0.3) is 0 Å². The lowest BCUT2D eigenvalue weighted by Gasteiger charge is -2.08. The molecule has 0 saturated carbocycles. The van der Waals surface area contributed by atoms with Gasteiger partial charge in [0, 0.05) is 11.4 Å². The molecule has 0 aliphatic rings. The topological polar surface area (TPSA) is 80.9 Å². The van der Waals surface area contributed by atoms with Crippen LogP contribution in [0.1, 0.15) is 11.4 Å². The minimum atomic E-state index is -0.0773. The number of nitrogens with one attached hydrogen (secondary N) is 1. The highest BCUT2D eigenvalue weighted by Gasteiger charge is 2.08. The van der Waals surface area contributed by atoms with E-state index < -0.39 is 0 Å². The normalized spacial score (nSPS) is 10.4. The summed E-state index contributed by atoms with van der Waals surface area (Å²) in [6.45, 7) is 3.76. The highest BCUT2D eigenvalue weighted by Crippen LogP contribution is 2.21. The Kier molecular flexibility index (Phi) is 4.39. The summed E-state index contributed by atoms with van der Waals surface area (Å²) in [5.41, 5.74) is 8.07. The van der Waals surface area contributed by atoms with E-state index in [4.69, 9.17) is 5.73 Å². The number of nitrogens with zero attached hydrogens (tertiary/aromatic N) is 2. The average molecular weight is 294 g/mol. The molecular formula is C12H14N4OS2. The third-order valence-corrected chi connectivity index (χ3v) is 4.30. The molecule has 1 heterocycles. The molecule has 7 heteroatoms. The van der Waals surface area contributed by atoms with Gasteiger partial charge in [-0.1, -0.05) is 17.8 Å². The van der Waals surface area contributed by atoms with Crippen molar-refractivity contribution in [3.05, 3.63) is 29.6 Å². The van der Waals surface area contributed by atoms with Crippen LogP contribution < -0.4 is 11.1 Å². The number of amides is 1. The van der Waals surface area contributed by atoms with E-state index in [2.05, 4.69) is 14.7 Å². The summed E-state index contributed by atoms with van der Waals surface area (Å²) in [5.74, 6) is 0.967. The van der Waals surface area contributed by atoms with Crippen LogP contribution in [-0.2, 0) is 4.79 Å². The Morgan fingerprint density at radius 1 is 1.47 bits per heavy atom. The molecule has 0 saturated heterocycles. The lowest BCUT2D eigenvalue weighted by Crippen LogP contribution is -2.15. The van der Waals surface area contributed by atoms with Crippen LogP contribution in [0.5, 0.6) is 0 Å². The SMILES string of the molecule is Cc1nsc(SCC(=O)Nc2cc(N)ccc2C)n1. The fraction of sp³-hybridized carbons (Fsp3) is 0.250. The maximum atomic E-state index is 11.8. The van der Waals surface area contributed by atoms with Gasteiger partial charge in [0.1, 0.15) is 5.82 Å². The van der Waals surface area contributed by atoms with Gasteiger partial charge < -0.3 is 11.1 Å². The maximum absolute atomic E-state index is 11.8. The van der Waals surface area contributed by atoms with Gasteiger partial charge >= 0.3 is 0 Å². The molecular weight excluding hydrogens is 280 g/mol. The van der Waals surface area contributed by atoms with Crippen molar-refractivity contribution in [2.24, 2.45) is 0 Å². The summed E-state index contributed by atoms with van der Waals surface area (Å²) in [5, 5.41) is 2.84. The van der Waals surface area contributed by atoms with Gasteiger partial charge in [0.05, 0.1) is 5.75 Å². The van der Waals surface area contributed by atoms with Crippen molar-refractivity contribution in [3.63, 3.8) is 0 Å². The molecule has 0 radical (unpaired) electrons. The molecule has 0 atom stereocenters. The zero-order valence-electron chi connectivity index (χ0n) is 10.6. The highest BCUT2D eigenvalue weighted by atomic mass is 32.2. The summed E-state index contributed by atoms with van der Waals surface area (Å²) in [4.78, 5) is 16.0. The van der Waals surface area contributed by atoms with Gasteiger partial charge in [-0.15, -0.1) is 0 Å². The standard InChI is InChI=1S/C12H14N4OS2/c1-7-3-4-9(13)5-10(7)15-11(17)6-18-12-14-8(2)16-19-12/h3-5H,6,13H2,1-2H3,(H,15,17). The number of nitrogen functional groups attached to an aromatic ring is 1. The number of anilines is 2. The van der Waals surface area contributed by atoms with Crippen LogP contribution in [-0.4, -0.2) is 21.0 Å². The van der Waals surface area contributed by atoms with Crippen molar-refractivity contribution in [3.8, 4) is 0 Å². The van der Waals surface area contributed by atoms with Crippen molar-refractivity contribution >= 4 is 40.6 Å². The zero-order chi connectivity index (χ0) is 13.8. The van der Waals surface area contributed by atoms with E-state index in [1.807, 2.05) is 26.0 Å². The summed E-state index contributed by atoms with van der Waals surface area (Å²) >= 11 is 2.69. The maximum Gasteiger partial charge on any atom is 0.234 e. The van der Waals surface area contributed by atoms with E-state index in [1.165, 1.54) is 23.3 Å². The third kappa shape index (κ3) is 3.93. The fourth-order valence-electron chi connectivity index (χ4n) is 1.42. The Bertz CT molecular complexity index is 597. The molecule has 0 aliphatic carbocycles. The zero-order valence-corrected chi connectivity index (χ0v) is 12.3. The number of hydrogen-bond acceptors (Lipinski definition) is 6. The smallest absolute Gasteiger partial charge is 0.234 e. The average Bonchev–Trinajstić information content (AvgIpc) is 2.77. The second-order valence-electron chi connectivity index (χ2n) is 4.02. The van der Waals surface area contributed by atoms with E-state index in [0.29, 0.717) is 11.4 Å². The van der Waals surface area contributed by atoms with Crippen LogP contribution in [0.2, 0.25) is 0 Å². The quantitative estimate of drug-likeness (QED) is 0.669. The molecule has 0 spiro atoms. The lowest BCUT2D eigenvalue weighted by molar-refractivity contribution is -0.113. The highest BCUT2D eigenvalue weighted by molar-refractivity contribution is 8.01. The Hall–Kier alpha value is -1.60. The number of aryl methyl sites for hydroxylation is 2. The number of nitrogens with two attached hydrogens (primary N) is 1. The fourth-order valence-corrected chi connectivity index (χ4v) is 2.87. The Balaban J connectivity index is 1.92. The summed E-state index contributed by atoms with van der Waals surface area (Å²) in [6.07, 6.45) is 0. The third-order valence-electron chi connectivity index (χ3n) is 2.37. The lowest BCUT2D eigenvalue weighted by atomic mass is 10.2. The van der Waals surface area contributed by atoms with Crippen LogP contribution in [0.3, 0.4) is 0 Å². The van der Waals surface area contributed by atoms with Crippen molar-refractivity contribution < 1.29 is 4.79 Å². The minimum Gasteiger partial charge on any atom is -0.399 e. The van der Waals surface area contributed by atoms with E-state index >= 15 is 0 Å². The van der Waals surface area contributed by atoms with E-state index in [-0.39, 0.29) is 5.91 Å². The van der Waals surface area contributed by atoms with E-state index in [0.717, 1.165) is 21.4 Å². The molecule has 1 aromatic carbocycles. The first kappa shape index (κ1) is 13.8. The summed E-state index contributed by atoms with van der Waals surface area (Å²) in [7, 11) is 0. The van der Waals surface area contributed by atoms with Gasteiger partial charge in [-0.2, -0.15) is 4.37 Å². The minimum absolute atomic E-state index is 0.0773. The van der Waals surface area contributed by atoms with Crippen molar-refractivity contribution in [1.82, 2.24) is 9.36 Å². The van der Waals surface area contributed by atoms with Crippen molar-refractivity contribution in [2.75, 3.05) is 16.8 Å². The molecule has 3 N–H and O–H groups in total. The molecule has 5 nitrogen and oxygen atoms in total. The van der Waals surface area contributed by atoms with Crippen LogP contribution in [0.15, 0.2) is 22.5 Å². The van der Waals surface area contributed by atoms with Gasteiger partial charge in [-0.3, -0.25) is 4.79 Å². The number of carbonyl (C=O) groups is 1. The number of thioether (sulfide) groups is 1. The van der Waals surface area contributed by atoms with Gasteiger partial charge in [-0.25, -0.2) is 4.98 Å². The first-order chi connectivity index (χ1) is 9.04. The molecule has 0 unspecified atom stereocenters. The number of benzene rings is 1. The van der Waals surface area contributed by atoms with Gasteiger partial charge in [0.2, 0.25) is 5.91 Å². The molecule has 0 bridgehead atoms. The molecule has 1 aromatic heterocycles. The molecule has 0 fully saturated rings. The Morgan fingerprint density at radius 2 is 2.26 bits per heavy atom. The molecule has 2 aromatic rings. The first-order valence-electron chi connectivity index (χ1n) is 5.63. The predicted molar refractivity (Wildman–Crippen MR) is 79.6 cm³/mol. The van der Waals surface area contributed by atoms with Crippen LogP contribution in [0.25, 0.3) is 0 Å². The number of carbonyl (C=O) groups excluding carboxylic acids is 1. The molecule has 1 amide bonds. The van der Waals surface area contributed by atoms with Gasteiger partial charge in [-0.05, 0) is 43.1 Å². The van der Waals surface area contributed by atoms with Crippen molar-refractivity contribution in [2.45, 2.75) is 18.2 Å². The van der Waals surface area contributed by atoms with Crippen molar-refractivity contribution in [1.29, 1.82) is 0 Å². The van der Waals surface area contributed by atoms with Crippen LogP contribution in [0, 0.1) is 13.8 Å². The second kappa shape index (κ2) is 6.03. The molecule has 0 aliphatic heterocycles. The predicted octanol–water partition coefficient (Wildman–Crippen LogP) is 2.47. The summed E-state index contributed by atoms with van der Waals surface area (Å²) in [6, 6.07) is 5.45. The van der Waals surface area contributed by atoms with Crippen LogP contribution >= 0.6 is 23.3 Å². The van der Waals surface area contributed by atoms with Gasteiger partial charge in [0.15, 0.2) is 4.34 Å². The second-order valence-corrected chi connectivity index (χ2v) is 5.99. The monoisotopic (exact) mass is 294 g/mol. The first-order valence-corrected chi connectivity index (χ1v) is 7.39. The Morgan fingerprint density at radius 3 is 2.95 bits per heavy atom. The molecule has 19 heavy (non-hydrogen) atoms. The number of hydrogen-bond donors (Lipinski definition) is 2. The molecule has 2 rings (SSSR count). The molecule has 100 valence electrons. The van der Waals surface area contributed by atoms with E-state index in [9.17, 15) is 4.79 Å². The number of aromatic nitrogens is 2. The number of rotatable bonds is 4. The summed E-state index contributed by atoms with van der Waals surface area (Å²) < 4.78 is 4.87. The Labute approximate surface area is 119 Å². The largest absolute Gasteiger partial charge is 0.399 e.